The van der Waals surface area contributed by atoms with Gasteiger partial charge in [0.25, 0.3) is 11.6 Å². The fourth-order valence-corrected chi connectivity index (χ4v) is 4.08. The number of thioether (sulfide) groups is 1. The van der Waals surface area contributed by atoms with Gasteiger partial charge in [-0.2, -0.15) is 0 Å². The summed E-state index contributed by atoms with van der Waals surface area (Å²) in [6.45, 7) is 6.01. The molecule has 2 N–H and O–H groups in total. The van der Waals surface area contributed by atoms with Gasteiger partial charge in [0.05, 0.1) is 22.4 Å². The average Bonchev–Trinajstić information content (AvgIpc) is 3.22. The Morgan fingerprint density at radius 1 is 1.21 bits per heavy atom. The number of aryl methyl sites for hydroxylation is 1. The van der Waals surface area contributed by atoms with E-state index in [1.165, 1.54) is 23.9 Å². The third-order valence-electron chi connectivity index (χ3n) is 4.94. The smallest absolute Gasteiger partial charge is 0.271 e. The largest absolute Gasteiger partial charge is 0.342 e. The molecule has 34 heavy (non-hydrogen) atoms. The molecule has 0 saturated heterocycles. The molecule has 178 valence electrons. The van der Waals surface area contributed by atoms with Crippen LogP contribution in [0.15, 0.2) is 47.6 Å². The monoisotopic (exact) mass is 502 g/mol. The van der Waals surface area contributed by atoms with Crippen LogP contribution in [0, 0.1) is 17.0 Å². The Morgan fingerprint density at radius 3 is 2.56 bits per heavy atom. The number of halogens is 1. The van der Waals surface area contributed by atoms with Crippen molar-refractivity contribution in [1.29, 1.82) is 0 Å². The van der Waals surface area contributed by atoms with Gasteiger partial charge >= 0.3 is 0 Å². The van der Waals surface area contributed by atoms with Gasteiger partial charge in [-0.3, -0.25) is 19.7 Å². The lowest BCUT2D eigenvalue weighted by molar-refractivity contribution is -0.384. The fourth-order valence-electron chi connectivity index (χ4n) is 3.14. The van der Waals surface area contributed by atoms with Crippen LogP contribution in [0.1, 0.15) is 41.6 Å². The Morgan fingerprint density at radius 2 is 1.91 bits per heavy atom. The molecule has 0 aliphatic carbocycles. The molecule has 10 nitrogen and oxygen atoms in total. The number of amides is 2. The van der Waals surface area contributed by atoms with Crippen molar-refractivity contribution < 1.29 is 14.5 Å². The van der Waals surface area contributed by atoms with Crippen molar-refractivity contribution >= 4 is 46.6 Å². The normalized spacial score (nSPS) is 11.6. The van der Waals surface area contributed by atoms with Gasteiger partial charge in [0, 0.05) is 29.3 Å². The summed E-state index contributed by atoms with van der Waals surface area (Å²) in [5.41, 5.74) is 1.48. The van der Waals surface area contributed by atoms with E-state index in [-0.39, 0.29) is 23.3 Å². The first-order valence-electron chi connectivity index (χ1n) is 10.4. The first-order valence-corrected chi connectivity index (χ1v) is 11.7. The highest BCUT2D eigenvalue weighted by atomic mass is 35.5. The molecule has 2 amide bonds. The van der Waals surface area contributed by atoms with Crippen molar-refractivity contribution in [1.82, 2.24) is 20.1 Å². The van der Waals surface area contributed by atoms with E-state index >= 15 is 0 Å². The number of nitro groups is 1. The number of non-ortho nitro benzene ring substituents is 1. The molecule has 3 aromatic rings. The maximum absolute atomic E-state index is 12.5. The molecular formula is C22H23ClN6O4S. The highest BCUT2D eigenvalue weighted by Gasteiger charge is 2.20. The number of hydrogen-bond donors (Lipinski definition) is 2. The molecule has 0 bridgehead atoms. The van der Waals surface area contributed by atoms with E-state index in [1.54, 1.807) is 44.2 Å². The summed E-state index contributed by atoms with van der Waals surface area (Å²) in [7, 11) is 0. The predicted molar refractivity (Wildman–Crippen MR) is 130 cm³/mol. The highest BCUT2D eigenvalue weighted by Crippen LogP contribution is 2.24. The van der Waals surface area contributed by atoms with Crippen molar-refractivity contribution in [2.24, 2.45) is 0 Å². The van der Waals surface area contributed by atoms with Crippen molar-refractivity contribution in [2.45, 2.75) is 38.5 Å². The maximum atomic E-state index is 12.5. The molecule has 1 aromatic heterocycles. The minimum absolute atomic E-state index is 0.0335. The van der Waals surface area contributed by atoms with E-state index in [4.69, 9.17) is 11.6 Å². The van der Waals surface area contributed by atoms with Gasteiger partial charge in [-0.1, -0.05) is 29.4 Å². The zero-order valence-electron chi connectivity index (χ0n) is 18.7. The van der Waals surface area contributed by atoms with Crippen LogP contribution < -0.4 is 10.6 Å². The number of anilines is 1. The van der Waals surface area contributed by atoms with Crippen LogP contribution in [-0.4, -0.2) is 37.3 Å². The van der Waals surface area contributed by atoms with E-state index in [0.717, 1.165) is 0 Å². The second kappa shape index (κ2) is 11.1. The SMILES string of the molecule is CCn1c(SCC(=O)Nc2cc([N+](=O)[O-])ccc2C)nnc1[C@@H](C)NC(=O)c1ccc(Cl)cc1. The number of hydrogen-bond acceptors (Lipinski definition) is 7. The molecule has 0 aliphatic rings. The molecule has 1 atom stereocenters. The molecule has 12 heteroatoms. The average molecular weight is 503 g/mol. The lowest BCUT2D eigenvalue weighted by atomic mass is 10.2. The number of nitrogens with one attached hydrogen (secondary N) is 2. The van der Waals surface area contributed by atoms with E-state index in [0.29, 0.717) is 39.4 Å². The molecule has 0 spiro atoms. The quantitative estimate of drug-likeness (QED) is 0.252. The molecule has 0 unspecified atom stereocenters. The summed E-state index contributed by atoms with van der Waals surface area (Å²) in [5.74, 6) is -0.00550. The lowest BCUT2D eigenvalue weighted by Crippen LogP contribution is -2.28. The molecule has 0 fully saturated rings. The molecule has 2 aromatic carbocycles. The van der Waals surface area contributed by atoms with Gasteiger partial charge in [0.15, 0.2) is 11.0 Å². The highest BCUT2D eigenvalue weighted by molar-refractivity contribution is 7.99. The molecule has 3 rings (SSSR count). The van der Waals surface area contributed by atoms with Gasteiger partial charge in [0.2, 0.25) is 5.91 Å². The number of rotatable bonds is 9. The predicted octanol–water partition coefficient (Wildman–Crippen LogP) is 4.39. The summed E-state index contributed by atoms with van der Waals surface area (Å²) in [6, 6.07) is 10.4. The topological polar surface area (TPSA) is 132 Å². The van der Waals surface area contributed by atoms with Crippen LogP contribution in [0.25, 0.3) is 0 Å². The minimum atomic E-state index is -0.512. The number of carbonyl (C=O) groups is 2. The second-order valence-electron chi connectivity index (χ2n) is 7.38. The summed E-state index contributed by atoms with van der Waals surface area (Å²) in [5, 5.41) is 26.0. The Hall–Kier alpha value is -3.44. The number of carbonyl (C=O) groups excluding carboxylic acids is 2. The third-order valence-corrected chi connectivity index (χ3v) is 6.16. The zero-order valence-corrected chi connectivity index (χ0v) is 20.3. The van der Waals surface area contributed by atoms with Crippen molar-refractivity contribution in [3.8, 4) is 0 Å². The van der Waals surface area contributed by atoms with Crippen LogP contribution in [0.2, 0.25) is 5.02 Å². The van der Waals surface area contributed by atoms with Crippen molar-refractivity contribution in [2.75, 3.05) is 11.1 Å². The first kappa shape index (κ1) is 25.2. The Kier molecular flexibility index (Phi) is 8.24. The summed E-state index contributed by atoms with van der Waals surface area (Å²) < 4.78 is 1.82. The van der Waals surface area contributed by atoms with Gasteiger partial charge in [-0.05, 0) is 50.6 Å². The second-order valence-corrected chi connectivity index (χ2v) is 8.76. The van der Waals surface area contributed by atoms with Gasteiger partial charge < -0.3 is 15.2 Å². The third kappa shape index (κ3) is 6.12. The molecule has 0 radical (unpaired) electrons. The summed E-state index contributed by atoms with van der Waals surface area (Å²) >= 11 is 7.06. The Bertz CT molecular complexity index is 1210. The number of nitro benzene ring substituents is 1. The van der Waals surface area contributed by atoms with Gasteiger partial charge in [0.1, 0.15) is 0 Å². The van der Waals surface area contributed by atoms with E-state index in [9.17, 15) is 19.7 Å². The van der Waals surface area contributed by atoms with Crippen LogP contribution in [0.5, 0.6) is 0 Å². The molecule has 1 heterocycles. The van der Waals surface area contributed by atoms with Crippen molar-refractivity contribution in [3.63, 3.8) is 0 Å². The lowest BCUT2D eigenvalue weighted by Gasteiger charge is -2.15. The fraction of sp³-hybridized carbons (Fsp3) is 0.273. The van der Waals surface area contributed by atoms with Crippen LogP contribution in [0.3, 0.4) is 0 Å². The van der Waals surface area contributed by atoms with Crippen molar-refractivity contribution in [3.05, 3.63) is 74.6 Å². The van der Waals surface area contributed by atoms with E-state index < -0.39 is 11.0 Å². The van der Waals surface area contributed by atoms with E-state index in [1.807, 2.05) is 11.5 Å². The first-order chi connectivity index (χ1) is 16.2. The molecule has 0 aliphatic heterocycles. The minimum Gasteiger partial charge on any atom is -0.342 e. The Labute approximate surface area is 205 Å². The standard InChI is InChI=1S/C22H23ClN6O4S/c1-4-28-20(14(3)24-21(31)15-6-8-16(23)9-7-15)26-27-22(28)34-12-19(30)25-18-11-17(29(32)33)10-5-13(18)2/h5-11,14H,4,12H2,1-3H3,(H,24,31)(H,25,30)/t14-/m1/s1. The van der Waals surface area contributed by atoms with E-state index in [2.05, 4.69) is 20.8 Å². The van der Waals surface area contributed by atoms with Crippen LogP contribution in [0.4, 0.5) is 11.4 Å². The molecular weight excluding hydrogens is 480 g/mol. The zero-order chi connectivity index (χ0) is 24.8. The summed E-state index contributed by atoms with van der Waals surface area (Å²) in [4.78, 5) is 35.5. The summed E-state index contributed by atoms with van der Waals surface area (Å²) in [6.07, 6.45) is 0. The number of aromatic nitrogens is 3. The maximum Gasteiger partial charge on any atom is 0.271 e. The molecule has 0 saturated carbocycles. The van der Waals surface area contributed by atoms with Gasteiger partial charge in [-0.25, -0.2) is 0 Å². The van der Waals surface area contributed by atoms with Crippen LogP contribution >= 0.6 is 23.4 Å². The number of benzene rings is 2. The Balaban J connectivity index is 1.64. The van der Waals surface area contributed by atoms with Gasteiger partial charge in [-0.15, -0.1) is 10.2 Å². The number of nitrogens with zero attached hydrogens (tertiary/aromatic N) is 4. The van der Waals surface area contributed by atoms with Crippen LogP contribution in [-0.2, 0) is 11.3 Å².